The van der Waals surface area contributed by atoms with Crippen molar-refractivity contribution < 1.29 is 4.79 Å². The number of benzene rings is 1. The van der Waals surface area contributed by atoms with Crippen LogP contribution in [0.25, 0.3) is 0 Å². The normalized spacial score (nSPS) is 14.6. The Balaban J connectivity index is 1.63. The molecule has 0 atom stereocenters. The van der Waals surface area contributed by atoms with Crippen LogP contribution in [0.1, 0.15) is 35.3 Å². The first kappa shape index (κ1) is 15.7. The van der Waals surface area contributed by atoms with Crippen LogP contribution in [-0.4, -0.2) is 29.0 Å². The minimum absolute atomic E-state index is 0.194. The summed E-state index contributed by atoms with van der Waals surface area (Å²) in [6, 6.07) is 9.04. The number of carbonyl (C=O) groups excluding carboxylic acids is 1. The van der Waals surface area contributed by atoms with Crippen molar-refractivity contribution in [1.29, 1.82) is 0 Å². The van der Waals surface area contributed by atoms with Gasteiger partial charge in [-0.15, -0.1) is 0 Å². The van der Waals surface area contributed by atoms with Crippen LogP contribution in [0.5, 0.6) is 0 Å². The second kappa shape index (κ2) is 7.42. The molecule has 1 aliphatic rings. The van der Waals surface area contributed by atoms with Crippen LogP contribution in [-0.2, 0) is 6.54 Å². The SMILES string of the molecule is O=C(NCc1ccc(Cl)cc1)c1ccnc(N2CCCCC2)n1. The fraction of sp³-hybridized carbons (Fsp3) is 0.353. The summed E-state index contributed by atoms with van der Waals surface area (Å²) in [6.07, 6.45) is 5.19. The van der Waals surface area contributed by atoms with E-state index in [0.29, 0.717) is 23.2 Å². The summed E-state index contributed by atoms with van der Waals surface area (Å²) in [4.78, 5) is 23.1. The Morgan fingerprint density at radius 3 is 2.61 bits per heavy atom. The zero-order valence-corrected chi connectivity index (χ0v) is 13.6. The van der Waals surface area contributed by atoms with E-state index in [2.05, 4.69) is 20.2 Å². The fourth-order valence-corrected chi connectivity index (χ4v) is 2.72. The van der Waals surface area contributed by atoms with Gasteiger partial charge in [0, 0.05) is 30.9 Å². The van der Waals surface area contributed by atoms with Crippen LogP contribution in [0.3, 0.4) is 0 Å². The summed E-state index contributed by atoms with van der Waals surface area (Å²) in [5.41, 5.74) is 1.39. The molecule has 1 fully saturated rings. The molecule has 2 aromatic rings. The van der Waals surface area contributed by atoms with Gasteiger partial charge < -0.3 is 10.2 Å². The van der Waals surface area contributed by atoms with Gasteiger partial charge in [-0.2, -0.15) is 0 Å². The molecule has 0 spiro atoms. The van der Waals surface area contributed by atoms with E-state index in [1.165, 1.54) is 6.42 Å². The highest BCUT2D eigenvalue weighted by Gasteiger charge is 2.15. The molecule has 3 rings (SSSR count). The highest BCUT2D eigenvalue weighted by molar-refractivity contribution is 6.30. The van der Waals surface area contributed by atoms with Crippen molar-refractivity contribution >= 4 is 23.5 Å². The third kappa shape index (κ3) is 4.20. The highest BCUT2D eigenvalue weighted by Crippen LogP contribution is 2.15. The van der Waals surface area contributed by atoms with E-state index in [4.69, 9.17) is 11.6 Å². The van der Waals surface area contributed by atoms with Crippen molar-refractivity contribution in [3.8, 4) is 0 Å². The maximum atomic E-state index is 12.3. The summed E-state index contributed by atoms with van der Waals surface area (Å²) in [5.74, 6) is 0.449. The van der Waals surface area contributed by atoms with Crippen molar-refractivity contribution in [2.45, 2.75) is 25.8 Å². The molecule has 0 saturated carbocycles. The summed E-state index contributed by atoms with van der Waals surface area (Å²) in [7, 11) is 0. The molecule has 2 heterocycles. The second-order valence-electron chi connectivity index (χ2n) is 5.60. The molecular weight excluding hydrogens is 312 g/mol. The Bertz CT molecular complexity index is 669. The molecule has 6 heteroatoms. The van der Waals surface area contributed by atoms with Crippen LogP contribution in [0.15, 0.2) is 36.5 Å². The number of aromatic nitrogens is 2. The Hall–Kier alpha value is -2.14. The Labute approximate surface area is 140 Å². The van der Waals surface area contributed by atoms with E-state index in [9.17, 15) is 4.79 Å². The van der Waals surface area contributed by atoms with Gasteiger partial charge in [-0.1, -0.05) is 23.7 Å². The second-order valence-corrected chi connectivity index (χ2v) is 6.04. The molecule has 120 valence electrons. The average Bonchev–Trinajstić information content (AvgIpc) is 2.62. The van der Waals surface area contributed by atoms with Crippen molar-refractivity contribution in [3.05, 3.63) is 52.8 Å². The predicted molar refractivity (Wildman–Crippen MR) is 90.7 cm³/mol. The van der Waals surface area contributed by atoms with Crippen molar-refractivity contribution in [3.63, 3.8) is 0 Å². The molecule has 1 aromatic heterocycles. The van der Waals surface area contributed by atoms with E-state index in [1.807, 2.05) is 24.3 Å². The van der Waals surface area contributed by atoms with Gasteiger partial charge in [-0.25, -0.2) is 9.97 Å². The number of amides is 1. The summed E-state index contributed by atoms with van der Waals surface area (Å²) in [6.45, 7) is 2.35. The lowest BCUT2D eigenvalue weighted by molar-refractivity contribution is 0.0946. The highest BCUT2D eigenvalue weighted by atomic mass is 35.5. The van der Waals surface area contributed by atoms with Gasteiger partial charge in [0.05, 0.1) is 0 Å². The molecule has 23 heavy (non-hydrogen) atoms. The number of rotatable bonds is 4. The number of nitrogens with one attached hydrogen (secondary N) is 1. The average molecular weight is 331 g/mol. The smallest absolute Gasteiger partial charge is 0.270 e. The molecule has 1 aliphatic heterocycles. The van der Waals surface area contributed by atoms with Gasteiger partial charge in [0.15, 0.2) is 0 Å². The topological polar surface area (TPSA) is 58.1 Å². The van der Waals surface area contributed by atoms with Crippen LogP contribution < -0.4 is 10.2 Å². The third-order valence-electron chi connectivity index (χ3n) is 3.88. The maximum Gasteiger partial charge on any atom is 0.270 e. The molecule has 1 amide bonds. The van der Waals surface area contributed by atoms with Gasteiger partial charge >= 0.3 is 0 Å². The lowest BCUT2D eigenvalue weighted by Crippen LogP contribution is -2.32. The van der Waals surface area contributed by atoms with Crippen molar-refractivity contribution in [1.82, 2.24) is 15.3 Å². The zero-order chi connectivity index (χ0) is 16.1. The van der Waals surface area contributed by atoms with Gasteiger partial charge in [-0.3, -0.25) is 4.79 Å². The number of carbonyl (C=O) groups is 1. The van der Waals surface area contributed by atoms with E-state index in [0.717, 1.165) is 31.5 Å². The zero-order valence-electron chi connectivity index (χ0n) is 12.8. The van der Waals surface area contributed by atoms with Gasteiger partial charge in [0.25, 0.3) is 5.91 Å². The molecule has 5 nitrogen and oxygen atoms in total. The van der Waals surface area contributed by atoms with E-state index < -0.39 is 0 Å². The molecule has 0 bridgehead atoms. The lowest BCUT2D eigenvalue weighted by atomic mass is 10.1. The molecule has 1 N–H and O–H groups in total. The predicted octanol–water partition coefficient (Wildman–Crippen LogP) is 3.05. The monoisotopic (exact) mass is 330 g/mol. The van der Waals surface area contributed by atoms with E-state index >= 15 is 0 Å². The number of piperidine rings is 1. The molecule has 1 aromatic carbocycles. The van der Waals surface area contributed by atoms with Gasteiger partial charge in [0.2, 0.25) is 5.95 Å². The molecule has 0 radical (unpaired) electrons. The minimum atomic E-state index is -0.194. The lowest BCUT2D eigenvalue weighted by Gasteiger charge is -2.26. The fourth-order valence-electron chi connectivity index (χ4n) is 2.60. The number of anilines is 1. The van der Waals surface area contributed by atoms with Gasteiger partial charge in [-0.05, 0) is 43.0 Å². The minimum Gasteiger partial charge on any atom is -0.347 e. The molecule has 0 aliphatic carbocycles. The van der Waals surface area contributed by atoms with E-state index in [-0.39, 0.29) is 5.91 Å². The van der Waals surface area contributed by atoms with Crippen molar-refractivity contribution in [2.24, 2.45) is 0 Å². The Morgan fingerprint density at radius 1 is 1.13 bits per heavy atom. The van der Waals surface area contributed by atoms with Crippen molar-refractivity contribution in [2.75, 3.05) is 18.0 Å². The van der Waals surface area contributed by atoms with Crippen LogP contribution in [0, 0.1) is 0 Å². The summed E-state index contributed by atoms with van der Waals surface area (Å²) >= 11 is 5.85. The van der Waals surface area contributed by atoms with Crippen LogP contribution in [0.2, 0.25) is 5.02 Å². The first-order chi connectivity index (χ1) is 11.2. The largest absolute Gasteiger partial charge is 0.347 e. The number of nitrogens with zero attached hydrogens (tertiary/aromatic N) is 3. The number of hydrogen-bond acceptors (Lipinski definition) is 4. The quantitative estimate of drug-likeness (QED) is 0.936. The first-order valence-electron chi connectivity index (χ1n) is 7.83. The number of hydrogen-bond donors (Lipinski definition) is 1. The summed E-state index contributed by atoms with van der Waals surface area (Å²) < 4.78 is 0. The van der Waals surface area contributed by atoms with Crippen LogP contribution >= 0.6 is 11.6 Å². The summed E-state index contributed by atoms with van der Waals surface area (Å²) in [5, 5.41) is 3.56. The third-order valence-corrected chi connectivity index (χ3v) is 4.13. The van der Waals surface area contributed by atoms with E-state index in [1.54, 1.807) is 12.3 Å². The molecular formula is C17H19ClN4O. The standard InChI is InChI=1S/C17H19ClN4O/c18-14-6-4-13(5-7-14)12-20-16(23)15-8-9-19-17(21-15)22-10-2-1-3-11-22/h4-9H,1-3,10-12H2,(H,20,23). The number of halogens is 1. The Morgan fingerprint density at radius 2 is 1.87 bits per heavy atom. The molecule has 1 saturated heterocycles. The molecule has 0 unspecified atom stereocenters. The maximum absolute atomic E-state index is 12.3. The van der Waals surface area contributed by atoms with Gasteiger partial charge in [0.1, 0.15) is 5.69 Å². The first-order valence-corrected chi connectivity index (χ1v) is 8.21. The van der Waals surface area contributed by atoms with Crippen LogP contribution in [0.4, 0.5) is 5.95 Å². The Kier molecular flexibility index (Phi) is 5.08.